The van der Waals surface area contributed by atoms with Crippen LogP contribution in [-0.4, -0.2) is 9.80 Å². The molecule has 0 aliphatic rings. The maximum atomic E-state index is 5.74. The van der Waals surface area contributed by atoms with Crippen molar-refractivity contribution in [2.45, 2.75) is 17.8 Å². The summed E-state index contributed by atoms with van der Waals surface area (Å²) < 4.78 is 0.382. The zero-order valence-electron chi connectivity index (χ0n) is 7.48. The molecule has 0 radical (unpaired) electrons. The topological polar surface area (TPSA) is 0 Å². The molecule has 0 aromatic heterocycles. The van der Waals surface area contributed by atoms with Crippen LogP contribution < -0.4 is 0 Å². The first-order valence-corrected chi connectivity index (χ1v) is 5.58. The van der Waals surface area contributed by atoms with E-state index in [-0.39, 0.29) is 0 Å². The minimum Gasteiger partial charge on any atom is -0.122 e. The van der Waals surface area contributed by atoms with Gasteiger partial charge in [0.2, 0.25) is 0 Å². The molecule has 1 unspecified atom stereocenters. The third kappa shape index (κ3) is 4.99. The van der Waals surface area contributed by atoms with Crippen LogP contribution in [0.25, 0.3) is 0 Å². The van der Waals surface area contributed by atoms with Gasteiger partial charge in [-0.1, -0.05) is 53.0 Å². The highest BCUT2D eigenvalue weighted by molar-refractivity contribution is 14.1. The number of hydrogen-bond donors (Lipinski definition) is 0. The first-order valence-electron chi connectivity index (χ1n) is 3.80. The van der Waals surface area contributed by atoms with Crippen molar-refractivity contribution in [3.8, 4) is 0 Å². The zero-order valence-corrected chi connectivity index (χ0v) is 10.4. The molecular weight excluding hydrogens is 282 g/mol. The molecule has 1 atom stereocenters. The molecule has 0 fully saturated rings. The maximum absolute atomic E-state index is 5.74. The van der Waals surface area contributed by atoms with Gasteiger partial charge in [0.05, 0.1) is 0 Å². The Labute approximate surface area is 93.5 Å². The van der Waals surface area contributed by atoms with E-state index in [1.807, 2.05) is 26.0 Å². The van der Waals surface area contributed by atoms with Crippen molar-refractivity contribution >= 4 is 34.2 Å². The van der Waals surface area contributed by atoms with Gasteiger partial charge in [-0.25, -0.2) is 0 Å². The second-order valence-electron chi connectivity index (χ2n) is 2.62. The fourth-order valence-corrected chi connectivity index (χ4v) is 1.33. The Morgan fingerprint density at radius 2 is 2.25 bits per heavy atom. The molecule has 68 valence electrons. The number of allylic oxidation sites excluding steroid dienone is 5. The van der Waals surface area contributed by atoms with Gasteiger partial charge in [-0.2, -0.15) is 0 Å². The second-order valence-corrected chi connectivity index (χ2v) is 4.23. The number of hydrogen-bond acceptors (Lipinski definition) is 0. The van der Waals surface area contributed by atoms with E-state index in [0.29, 0.717) is 9.80 Å². The van der Waals surface area contributed by atoms with Crippen molar-refractivity contribution in [2.24, 2.45) is 0 Å². The molecule has 0 aromatic carbocycles. The Hall–Kier alpha value is 0.240. The van der Waals surface area contributed by atoms with Crippen LogP contribution in [0.5, 0.6) is 0 Å². The van der Waals surface area contributed by atoms with Crippen LogP contribution in [0.1, 0.15) is 13.8 Å². The quantitative estimate of drug-likeness (QED) is 0.317. The van der Waals surface area contributed by atoms with Crippen molar-refractivity contribution in [3.05, 3.63) is 36.0 Å². The summed E-state index contributed by atoms with van der Waals surface area (Å²) in [5.74, 6) is 0.567. The summed E-state index contributed by atoms with van der Waals surface area (Å²) >= 11 is 8.08. The van der Waals surface area contributed by atoms with Gasteiger partial charge in [0.1, 0.15) is 0 Å². The average molecular weight is 297 g/mol. The van der Waals surface area contributed by atoms with Gasteiger partial charge in [-0.05, 0) is 19.4 Å². The molecule has 0 aliphatic carbocycles. The summed E-state index contributed by atoms with van der Waals surface area (Å²) in [6.07, 6.45) is 6.16. The second kappa shape index (κ2) is 6.72. The van der Waals surface area contributed by atoms with Crippen LogP contribution in [-0.2, 0) is 0 Å². The first kappa shape index (κ1) is 12.2. The molecule has 0 N–H and O–H groups in total. The van der Waals surface area contributed by atoms with Crippen molar-refractivity contribution in [1.82, 2.24) is 0 Å². The molecule has 0 heterocycles. The smallest absolute Gasteiger partial charge is 0.0499 e. The van der Waals surface area contributed by atoms with Crippen molar-refractivity contribution in [2.75, 3.05) is 5.88 Å². The number of rotatable bonds is 4. The van der Waals surface area contributed by atoms with Crippen LogP contribution in [0, 0.1) is 0 Å². The van der Waals surface area contributed by atoms with E-state index in [1.54, 1.807) is 0 Å². The predicted octanol–water partition coefficient (Wildman–Crippen LogP) is 4.11. The molecule has 0 nitrogen and oxygen atoms in total. The van der Waals surface area contributed by atoms with Crippen molar-refractivity contribution in [3.63, 3.8) is 0 Å². The van der Waals surface area contributed by atoms with Crippen molar-refractivity contribution in [1.29, 1.82) is 0 Å². The molecule has 0 spiro atoms. The minimum absolute atomic E-state index is 0.382. The van der Waals surface area contributed by atoms with E-state index < -0.39 is 0 Å². The van der Waals surface area contributed by atoms with Crippen molar-refractivity contribution < 1.29 is 0 Å². The Balaban J connectivity index is 4.37. The fourth-order valence-electron chi connectivity index (χ4n) is 0.689. The summed E-state index contributed by atoms with van der Waals surface area (Å²) in [6, 6.07) is 0. The molecule has 2 heteroatoms. The summed E-state index contributed by atoms with van der Waals surface area (Å²) in [4.78, 5) is 0. The van der Waals surface area contributed by atoms with Gasteiger partial charge in [0, 0.05) is 9.80 Å². The molecule has 0 bridgehead atoms. The summed E-state index contributed by atoms with van der Waals surface area (Å²) in [5.41, 5.74) is 2.31. The Morgan fingerprint density at radius 1 is 1.67 bits per heavy atom. The fraction of sp³-hybridized carbons (Fsp3) is 0.400. The van der Waals surface area contributed by atoms with E-state index >= 15 is 0 Å². The monoisotopic (exact) mass is 296 g/mol. The van der Waals surface area contributed by atoms with E-state index in [4.69, 9.17) is 11.6 Å². The molecule has 0 aromatic rings. The lowest BCUT2D eigenvalue weighted by Crippen LogP contribution is -1.95. The summed E-state index contributed by atoms with van der Waals surface area (Å²) in [5, 5.41) is 0. The van der Waals surface area contributed by atoms with Gasteiger partial charge in [-0.3, -0.25) is 0 Å². The highest BCUT2D eigenvalue weighted by Crippen LogP contribution is 2.15. The van der Waals surface area contributed by atoms with Crippen LogP contribution in [0.4, 0.5) is 0 Å². The van der Waals surface area contributed by atoms with Crippen LogP contribution in [0.2, 0.25) is 0 Å². The maximum Gasteiger partial charge on any atom is 0.0499 e. The first-order chi connectivity index (χ1) is 5.61. The van der Waals surface area contributed by atoms with Crippen LogP contribution in [0.3, 0.4) is 0 Å². The Bertz CT molecular complexity index is 204. The van der Waals surface area contributed by atoms with Gasteiger partial charge < -0.3 is 0 Å². The molecule has 0 rings (SSSR count). The normalized spacial score (nSPS) is 15.2. The lowest BCUT2D eigenvalue weighted by atomic mass is 10.1. The van der Waals surface area contributed by atoms with E-state index in [9.17, 15) is 0 Å². The highest BCUT2D eigenvalue weighted by atomic mass is 127. The lowest BCUT2D eigenvalue weighted by Gasteiger charge is -2.04. The van der Waals surface area contributed by atoms with E-state index in [1.165, 1.54) is 0 Å². The highest BCUT2D eigenvalue weighted by Gasteiger charge is 2.00. The molecular formula is C10H14ClI. The molecule has 0 aliphatic heterocycles. The number of alkyl halides is 2. The van der Waals surface area contributed by atoms with E-state index in [0.717, 1.165) is 11.1 Å². The van der Waals surface area contributed by atoms with Crippen LogP contribution >= 0.6 is 34.2 Å². The standard InChI is InChI=1S/C10H14ClI/c1-4-5-9(7-11)6-10(12)8(2)3/h4-6,10H,2,7H2,1,3H3/b5-4-,9-6+. The van der Waals surface area contributed by atoms with Gasteiger partial charge in [-0.15, -0.1) is 11.6 Å². The van der Waals surface area contributed by atoms with Crippen LogP contribution in [0.15, 0.2) is 36.0 Å². The third-order valence-corrected chi connectivity index (χ3v) is 3.10. The zero-order chi connectivity index (χ0) is 9.56. The van der Waals surface area contributed by atoms with Gasteiger partial charge in [0.25, 0.3) is 0 Å². The SMILES string of the molecule is C=C(C)C(I)/C=C(\C=C/C)CCl. The average Bonchev–Trinajstić information content (AvgIpc) is 2.03. The number of halogens is 2. The predicted molar refractivity (Wildman–Crippen MR) is 66.2 cm³/mol. The summed E-state index contributed by atoms with van der Waals surface area (Å²) in [6.45, 7) is 7.90. The lowest BCUT2D eigenvalue weighted by molar-refractivity contribution is 1.26. The summed E-state index contributed by atoms with van der Waals surface area (Å²) in [7, 11) is 0. The molecule has 0 saturated heterocycles. The minimum atomic E-state index is 0.382. The molecule has 12 heavy (non-hydrogen) atoms. The largest absolute Gasteiger partial charge is 0.122 e. The van der Waals surface area contributed by atoms with Gasteiger partial charge >= 0.3 is 0 Å². The third-order valence-electron chi connectivity index (χ3n) is 1.37. The van der Waals surface area contributed by atoms with E-state index in [2.05, 4.69) is 35.2 Å². The molecule has 0 saturated carbocycles. The Kier molecular flexibility index (Phi) is 6.86. The Morgan fingerprint density at radius 3 is 2.58 bits per heavy atom. The molecule has 0 amide bonds. The van der Waals surface area contributed by atoms with Gasteiger partial charge in [0.15, 0.2) is 0 Å².